The normalized spacial score (nSPS) is 17.3. The van der Waals surface area contributed by atoms with Crippen LogP contribution in [0.3, 0.4) is 0 Å². The predicted molar refractivity (Wildman–Crippen MR) is 79.1 cm³/mol. The maximum Gasteiger partial charge on any atom is 0.317 e. The van der Waals surface area contributed by atoms with E-state index in [1.54, 1.807) is 11.1 Å². The number of aromatic nitrogens is 1. The van der Waals surface area contributed by atoms with E-state index in [4.69, 9.17) is 0 Å². The summed E-state index contributed by atoms with van der Waals surface area (Å²) >= 11 is 0. The minimum absolute atomic E-state index is 0.184. The maximum atomic E-state index is 12.1. The highest BCUT2D eigenvalue weighted by Crippen LogP contribution is 2.07. The van der Waals surface area contributed by atoms with Crippen LogP contribution in [0.4, 0.5) is 4.79 Å². The third-order valence-electron chi connectivity index (χ3n) is 3.36. The molecule has 7 nitrogen and oxygen atoms in total. The highest BCUT2D eigenvalue weighted by Gasteiger charge is 2.23. The van der Waals surface area contributed by atoms with E-state index < -0.39 is 10.0 Å². The second-order valence-corrected chi connectivity index (χ2v) is 6.96. The average molecular weight is 312 g/mol. The van der Waals surface area contributed by atoms with Gasteiger partial charge in [0, 0.05) is 32.4 Å². The molecule has 2 heterocycles. The van der Waals surface area contributed by atoms with E-state index in [0.717, 1.165) is 5.69 Å². The van der Waals surface area contributed by atoms with E-state index in [9.17, 15) is 13.2 Å². The Morgan fingerprint density at radius 3 is 2.76 bits per heavy atom. The van der Waals surface area contributed by atoms with E-state index in [2.05, 4.69) is 10.3 Å². The molecule has 0 aromatic carbocycles. The molecule has 8 heteroatoms. The lowest BCUT2D eigenvalue weighted by Crippen LogP contribution is -2.42. The number of amides is 2. The van der Waals surface area contributed by atoms with Crippen LogP contribution < -0.4 is 5.32 Å². The van der Waals surface area contributed by atoms with Gasteiger partial charge in [-0.05, 0) is 18.6 Å². The lowest BCUT2D eigenvalue weighted by atomic mass is 10.3. The van der Waals surface area contributed by atoms with Crippen molar-refractivity contribution in [3.63, 3.8) is 0 Å². The number of carbonyl (C=O) groups is 1. The van der Waals surface area contributed by atoms with Gasteiger partial charge in [0.05, 0.1) is 18.5 Å². The highest BCUT2D eigenvalue weighted by atomic mass is 32.2. The van der Waals surface area contributed by atoms with Crippen molar-refractivity contribution in [1.82, 2.24) is 19.5 Å². The van der Waals surface area contributed by atoms with Gasteiger partial charge in [0.25, 0.3) is 0 Å². The second kappa shape index (κ2) is 6.86. The molecule has 0 spiro atoms. The van der Waals surface area contributed by atoms with Gasteiger partial charge >= 0.3 is 6.03 Å². The van der Waals surface area contributed by atoms with E-state index >= 15 is 0 Å². The fourth-order valence-electron chi connectivity index (χ4n) is 2.21. The Bertz CT molecular complexity index is 576. The smallest absolute Gasteiger partial charge is 0.317 e. The Morgan fingerprint density at radius 1 is 1.29 bits per heavy atom. The molecule has 1 N–H and O–H groups in total. The summed E-state index contributed by atoms with van der Waals surface area (Å²) in [6.45, 7) is 2.13. The Kier molecular flexibility index (Phi) is 5.13. The van der Waals surface area contributed by atoms with Gasteiger partial charge in [-0.2, -0.15) is 0 Å². The van der Waals surface area contributed by atoms with Crippen molar-refractivity contribution >= 4 is 16.1 Å². The molecule has 0 saturated carbocycles. The number of pyridine rings is 1. The Hall–Kier alpha value is -1.67. The van der Waals surface area contributed by atoms with Gasteiger partial charge in [-0.25, -0.2) is 17.5 Å². The van der Waals surface area contributed by atoms with E-state index in [1.807, 2.05) is 18.2 Å². The van der Waals surface area contributed by atoms with E-state index in [1.165, 1.54) is 10.6 Å². The standard InChI is InChI=1S/C13H20N4O3S/c1-21(19,20)17-8-4-7-16(9-10-17)13(18)15-11-12-5-2-3-6-14-12/h2-3,5-6H,4,7-11H2,1H3,(H,15,18). The molecule has 1 aromatic rings. The summed E-state index contributed by atoms with van der Waals surface area (Å²) in [4.78, 5) is 17.9. The summed E-state index contributed by atoms with van der Waals surface area (Å²) in [6.07, 6.45) is 3.52. The first-order chi connectivity index (χ1) is 9.97. The van der Waals surface area contributed by atoms with Crippen LogP contribution in [-0.2, 0) is 16.6 Å². The number of nitrogens with zero attached hydrogens (tertiary/aromatic N) is 3. The van der Waals surface area contributed by atoms with Crippen molar-refractivity contribution in [1.29, 1.82) is 0 Å². The van der Waals surface area contributed by atoms with Crippen molar-refractivity contribution in [3.8, 4) is 0 Å². The molecular weight excluding hydrogens is 292 g/mol. The van der Waals surface area contributed by atoms with Gasteiger partial charge in [0.1, 0.15) is 0 Å². The number of nitrogens with one attached hydrogen (secondary N) is 1. The first-order valence-corrected chi connectivity index (χ1v) is 8.69. The first-order valence-electron chi connectivity index (χ1n) is 6.84. The monoisotopic (exact) mass is 312 g/mol. The molecule has 1 saturated heterocycles. The molecule has 0 atom stereocenters. The molecule has 0 bridgehead atoms. The number of hydrogen-bond acceptors (Lipinski definition) is 4. The van der Waals surface area contributed by atoms with E-state index in [-0.39, 0.29) is 6.03 Å². The van der Waals surface area contributed by atoms with Gasteiger partial charge in [-0.1, -0.05) is 6.07 Å². The van der Waals surface area contributed by atoms with Crippen molar-refractivity contribution in [2.75, 3.05) is 32.4 Å². The SMILES string of the molecule is CS(=O)(=O)N1CCCN(C(=O)NCc2ccccn2)CC1. The lowest BCUT2D eigenvalue weighted by Gasteiger charge is -2.21. The molecule has 116 valence electrons. The van der Waals surface area contributed by atoms with Gasteiger partial charge in [-0.3, -0.25) is 4.98 Å². The third-order valence-corrected chi connectivity index (χ3v) is 4.66. The minimum atomic E-state index is -3.19. The molecule has 2 rings (SSSR count). The van der Waals surface area contributed by atoms with Crippen molar-refractivity contribution in [2.24, 2.45) is 0 Å². The lowest BCUT2D eigenvalue weighted by molar-refractivity contribution is 0.200. The van der Waals surface area contributed by atoms with Crippen LogP contribution in [0.25, 0.3) is 0 Å². The summed E-state index contributed by atoms with van der Waals surface area (Å²) in [6, 6.07) is 5.34. The van der Waals surface area contributed by atoms with Crippen LogP contribution in [-0.4, -0.2) is 61.1 Å². The molecule has 1 fully saturated rings. The molecular formula is C13H20N4O3S. The van der Waals surface area contributed by atoms with E-state index in [0.29, 0.717) is 39.1 Å². The van der Waals surface area contributed by atoms with Crippen molar-refractivity contribution in [2.45, 2.75) is 13.0 Å². The summed E-state index contributed by atoms with van der Waals surface area (Å²) in [5, 5.41) is 2.81. The Morgan fingerprint density at radius 2 is 2.10 bits per heavy atom. The quantitative estimate of drug-likeness (QED) is 0.868. The maximum absolute atomic E-state index is 12.1. The van der Waals surface area contributed by atoms with Gasteiger partial charge in [-0.15, -0.1) is 0 Å². The Labute approximate surface area is 125 Å². The summed E-state index contributed by atoms with van der Waals surface area (Å²) in [7, 11) is -3.19. The molecule has 1 aliphatic rings. The van der Waals surface area contributed by atoms with Crippen LogP contribution in [0, 0.1) is 0 Å². The highest BCUT2D eigenvalue weighted by molar-refractivity contribution is 7.88. The molecule has 21 heavy (non-hydrogen) atoms. The third kappa shape index (κ3) is 4.68. The summed E-state index contributed by atoms with van der Waals surface area (Å²) in [5.41, 5.74) is 0.790. The van der Waals surface area contributed by atoms with Crippen LogP contribution >= 0.6 is 0 Å². The average Bonchev–Trinajstić information content (AvgIpc) is 2.71. The molecule has 0 unspecified atom stereocenters. The Balaban J connectivity index is 1.86. The van der Waals surface area contributed by atoms with Gasteiger partial charge in [0.15, 0.2) is 0 Å². The van der Waals surface area contributed by atoms with Gasteiger partial charge in [0.2, 0.25) is 10.0 Å². The summed E-state index contributed by atoms with van der Waals surface area (Å²) < 4.78 is 24.5. The number of rotatable bonds is 3. The molecule has 2 amide bonds. The van der Waals surface area contributed by atoms with Crippen LogP contribution in [0.15, 0.2) is 24.4 Å². The van der Waals surface area contributed by atoms with Crippen molar-refractivity contribution < 1.29 is 13.2 Å². The molecule has 1 aliphatic heterocycles. The number of carbonyl (C=O) groups excluding carboxylic acids is 1. The zero-order valence-electron chi connectivity index (χ0n) is 12.0. The molecule has 0 aliphatic carbocycles. The molecule has 0 radical (unpaired) electrons. The zero-order chi connectivity index (χ0) is 15.3. The number of urea groups is 1. The first kappa shape index (κ1) is 15.7. The van der Waals surface area contributed by atoms with Crippen LogP contribution in [0.1, 0.15) is 12.1 Å². The van der Waals surface area contributed by atoms with Crippen LogP contribution in [0.5, 0.6) is 0 Å². The largest absolute Gasteiger partial charge is 0.332 e. The number of sulfonamides is 1. The minimum Gasteiger partial charge on any atom is -0.332 e. The predicted octanol–water partition coefficient (Wildman–Crippen LogP) is 0.259. The fraction of sp³-hybridized carbons (Fsp3) is 0.538. The number of hydrogen-bond donors (Lipinski definition) is 1. The van der Waals surface area contributed by atoms with Crippen molar-refractivity contribution in [3.05, 3.63) is 30.1 Å². The zero-order valence-corrected chi connectivity index (χ0v) is 12.8. The second-order valence-electron chi connectivity index (χ2n) is 4.98. The van der Waals surface area contributed by atoms with Crippen LogP contribution in [0.2, 0.25) is 0 Å². The topological polar surface area (TPSA) is 82.6 Å². The molecule has 1 aromatic heterocycles. The summed E-state index contributed by atoms with van der Waals surface area (Å²) in [5.74, 6) is 0. The fourth-order valence-corrected chi connectivity index (χ4v) is 3.08. The van der Waals surface area contributed by atoms with Gasteiger partial charge < -0.3 is 10.2 Å².